The molecule has 1 nitrogen and oxygen atoms in total. The molecule has 1 aliphatic carbocycles. The van der Waals surface area contributed by atoms with Crippen molar-refractivity contribution in [3.63, 3.8) is 0 Å². The smallest absolute Gasteiger partial charge is 0.00671 e. The highest BCUT2D eigenvalue weighted by molar-refractivity contribution is 4.77. The van der Waals surface area contributed by atoms with Crippen LogP contribution in [0.2, 0.25) is 0 Å². The average Bonchev–Trinajstić information content (AvgIpc) is 2.03. The Labute approximate surface area is 70.4 Å². The minimum absolute atomic E-state index is 0.523. The van der Waals surface area contributed by atoms with Crippen molar-refractivity contribution in [3.05, 3.63) is 0 Å². The van der Waals surface area contributed by atoms with Gasteiger partial charge in [0.25, 0.3) is 0 Å². The first kappa shape index (κ1) is 9.05. The monoisotopic (exact) mass is 155 g/mol. The summed E-state index contributed by atoms with van der Waals surface area (Å²) in [4.78, 5) is 0. The molecule has 1 saturated carbocycles. The molecule has 0 aromatic heterocycles. The second kappa shape index (κ2) is 4.76. The van der Waals surface area contributed by atoms with Gasteiger partial charge in [-0.3, -0.25) is 0 Å². The summed E-state index contributed by atoms with van der Waals surface area (Å²) in [5.74, 6) is 0.851. The zero-order chi connectivity index (χ0) is 8.10. The van der Waals surface area contributed by atoms with Gasteiger partial charge in [-0.25, -0.2) is 0 Å². The Balaban J connectivity index is 2.18. The Kier molecular flexibility index (Phi) is 3.92. The highest BCUT2D eigenvalue weighted by Gasteiger charge is 2.20. The van der Waals surface area contributed by atoms with Gasteiger partial charge in [0.15, 0.2) is 0 Å². The molecule has 11 heavy (non-hydrogen) atoms. The fourth-order valence-electron chi connectivity index (χ4n) is 2.06. The largest absolute Gasteiger partial charge is 0.327 e. The van der Waals surface area contributed by atoms with Crippen LogP contribution in [0.1, 0.15) is 51.9 Å². The van der Waals surface area contributed by atoms with Gasteiger partial charge < -0.3 is 5.73 Å². The lowest BCUT2D eigenvalue weighted by Gasteiger charge is -2.28. The van der Waals surface area contributed by atoms with E-state index in [9.17, 15) is 0 Å². The number of unbranched alkanes of at least 4 members (excludes halogenated alkanes) is 1. The van der Waals surface area contributed by atoms with E-state index in [-0.39, 0.29) is 0 Å². The average molecular weight is 155 g/mol. The number of hydrogen-bond acceptors (Lipinski definition) is 1. The molecule has 0 aromatic carbocycles. The molecule has 0 unspecified atom stereocenters. The van der Waals surface area contributed by atoms with Crippen molar-refractivity contribution in [2.45, 2.75) is 57.9 Å². The molecule has 1 aliphatic rings. The van der Waals surface area contributed by atoms with E-state index >= 15 is 0 Å². The van der Waals surface area contributed by atoms with Gasteiger partial charge in [0.2, 0.25) is 0 Å². The fraction of sp³-hybridized carbons (Fsp3) is 1.00. The lowest BCUT2D eigenvalue weighted by atomic mass is 9.82. The second-order valence-electron chi connectivity index (χ2n) is 3.85. The van der Waals surface area contributed by atoms with Crippen LogP contribution in [0.5, 0.6) is 0 Å². The number of rotatable bonds is 3. The number of hydrogen-bond donors (Lipinski definition) is 1. The summed E-state index contributed by atoms with van der Waals surface area (Å²) in [6.07, 6.45) is 9.51. The topological polar surface area (TPSA) is 26.0 Å². The molecule has 0 heterocycles. The molecule has 0 amide bonds. The van der Waals surface area contributed by atoms with Crippen LogP contribution in [0, 0.1) is 5.92 Å². The Morgan fingerprint density at radius 2 is 2.00 bits per heavy atom. The highest BCUT2D eigenvalue weighted by atomic mass is 14.7. The van der Waals surface area contributed by atoms with Crippen molar-refractivity contribution in [2.75, 3.05) is 0 Å². The minimum Gasteiger partial charge on any atom is -0.327 e. The normalized spacial score (nSPS) is 32.2. The lowest BCUT2D eigenvalue weighted by molar-refractivity contribution is 0.286. The SMILES string of the molecule is CCCC[C@H]1CCCC[C@@H]1N. The first-order valence-corrected chi connectivity index (χ1v) is 5.10. The Morgan fingerprint density at radius 3 is 2.64 bits per heavy atom. The summed E-state index contributed by atoms with van der Waals surface area (Å²) in [5, 5.41) is 0. The predicted octanol–water partition coefficient (Wildman–Crippen LogP) is 2.69. The summed E-state index contributed by atoms with van der Waals surface area (Å²) < 4.78 is 0. The summed E-state index contributed by atoms with van der Waals surface area (Å²) in [5.41, 5.74) is 6.02. The summed E-state index contributed by atoms with van der Waals surface area (Å²) >= 11 is 0. The third kappa shape index (κ3) is 2.82. The van der Waals surface area contributed by atoms with E-state index in [4.69, 9.17) is 5.73 Å². The van der Waals surface area contributed by atoms with Crippen LogP contribution in [-0.4, -0.2) is 6.04 Å². The Bertz CT molecular complexity index is 101. The van der Waals surface area contributed by atoms with Crippen LogP contribution >= 0.6 is 0 Å². The standard InChI is InChI=1S/C10H21N/c1-2-3-6-9-7-4-5-8-10(9)11/h9-10H,2-8,11H2,1H3/t9-,10-/m0/s1. The van der Waals surface area contributed by atoms with Crippen LogP contribution in [0.15, 0.2) is 0 Å². The first-order chi connectivity index (χ1) is 5.34. The van der Waals surface area contributed by atoms with Gasteiger partial charge >= 0.3 is 0 Å². The molecule has 0 spiro atoms. The van der Waals surface area contributed by atoms with Crippen molar-refractivity contribution in [2.24, 2.45) is 11.7 Å². The van der Waals surface area contributed by atoms with E-state index in [0.29, 0.717) is 6.04 Å². The molecule has 0 saturated heterocycles. The van der Waals surface area contributed by atoms with E-state index < -0.39 is 0 Å². The molecule has 1 rings (SSSR count). The van der Waals surface area contributed by atoms with Gasteiger partial charge in [0.05, 0.1) is 0 Å². The van der Waals surface area contributed by atoms with Crippen LogP contribution in [0.25, 0.3) is 0 Å². The van der Waals surface area contributed by atoms with E-state index in [1.165, 1.54) is 44.9 Å². The summed E-state index contributed by atoms with van der Waals surface area (Å²) in [7, 11) is 0. The molecule has 1 fully saturated rings. The molecule has 0 aromatic rings. The summed E-state index contributed by atoms with van der Waals surface area (Å²) in [6, 6.07) is 0.523. The maximum Gasteiger partial charge on any atom is 0.00671 e. The van der Waals surface area contributed by atoms with Crippen LogP contribution in [-0.2, 0) is 0 Å². The quantitative estimate of drug-likeness (QED) is 0.666. The van der Waals surface area contributed by atoms with Crippen molar-refractivity contribution in [1.29, 1.82) is 0 Å². The molecule has 66 valence electrons. The molecule has 2 N–H and O–H groups in total. The maximum absolute atomic E-state index is 6.02. The Morgan fingerprint density at radius 1 is 1.27 bits per heavy atom. The van der Waals surface area contributed by atoms with Crippen molar-refractivity contribution in [3.8, 4) is 0 Å². The van der Waals surface area contributed by atoms with Gasteiger partial charge in [-0.05, 0) is 25.2 Å². The van der Waals surface area contributed by atoms with Gasteiger partial charge in [0, 0.05) is 6.04 Å². The maximum atomic E-state index is 6.02. The molecule has 2 atom stereocenters. The van der Waals surface area contributed by atoms with Crippen molar-refractivity contribution >= 4 is 0 Å². The van der Waals surface area contributed by atoms with Gasteiger partial charge in [-0.1, -0.05) is 32.6 Å². The van der Waals surface area contributed by atoms with Crippen molar-refractivity contribution < 1.29 is 0 Å². The molecular weight excluding hydrogens is 134 g/mol. The fourth-order valence-corrected chi connectivity index (χ4v) is 2.06. The van der Waals surface area contributed by atoms with E-state index in [0.717, 1.165) is 5.92 Å². The predicted molar refractivity (Wildman–Crippen MR) is 49.5 cm³/mol. The minimum atomic E-state index is 0.523. The molecule has 0 bridgehead atoms. The van der Waals surface area contributed by atoms with Crippen molar-refractivity contribution in [1.82, 2.24) is 0 Å². The van der Waals surface area contributed by atoms with Gasteiger partial charge in [-0.2, -0.15) is 0 Å². The van der Waals surface area contributed by atoms with E-state index in [2.05, 4.69) is 6.92 Å². The van der Waals surface area contributed by atoms with E-state index in [1.54, 1.807) is 0 Å². The second-order valence-corrected chi connectivity index (χ2v) is 3.85. The lowest BCUT2D eigenvalue weighted by Crippen LogP contribution is -2.32. The zero-order valence-electron chi connectivity index (χ0n) is 7.68. The van der Waals surface area contributed by atoms with E-state index in [1.807, 2.05) is 0 Å². The van der Waals surface area contributed by atoms with Gasteiger partial charge in [0.1, 0.15) is 0 Å². The molecule has 0 aliphatic heterocycles. The zero-order valence-corrected chi connectivity index (χ0v) is 7.68. The highest BCUT2D eigenvalue weighted by Crippen LogP contribution is 2.26. The molecule has 0 radical (unpaired) electrons. The van der Waals surface area contributed by atoms with Gasteiger partial charge in [-0.15, -0.1) is 0 Å². The number of nitrogens with two attached hydrogens (primary N) is 1. The Hall–Kier alpha value is -0.0400. The third-order valence-electron chi connectivity index (χ3n) is 2.90. The third-order valence-corrected chi connectivity index (χ3v) is 2.90. The van der Waals surface area contributed by atoms with Crippen LogP contribution in [0.3, 0.4) is 0 Å². The van der Waals surface area contributed by atoms with Crippen LogP contribution < -0.4 is 5.73 Å². The molecular formula is C10H21N. The van der Waals surface area contributed by atoms with Crippen LogP contribution in [0.4, 0.5) is 0 Å². The first-order valence-electron chi connectivity index (χ1n) is 5.10. The summed E-state index contributed by atoms with van der Waals surface area (Å²) in [6.45, 7) is 2.26. The molecule has 1 heteroatoms.